The van der Waals surface area contributed by atoms with Crippen LogP contribution in [0.2, 0.25) is 0 Å². The molecule has 2 aliphatic rings. The first kappa shape index (κ1) is 14.5. The van der Waals surface area contributed by atoms with E-state index in [1.807, 2.05) is 12.3 Å². The van der Waals surface area contributed by atoms with Crippen molar-refractivity contribution in [3.05, 3.63) is 12.3 Å². The van der Waals surface area contributed by atoms with Crippen molar-refractivity contribution in [2.75, 3.05) is 63.3 Å². The van der Waals surface area contributed by atoms with Crippen LogP contribution in [0.25, 0.3) is 0 Å². The van der Waals surface area contributed by atoms with Crippen molar-refractivity contribution in [1.82, 2.24) is 14.9 Å². The zero-order valence-electron chi connectivity index (χ0n) is 13.2. The molecule has 1 aromatic rings. The molecule has 2 bridgehead atoms. The summed E-state index contributed by atoms with van der Waals surface area (Å²) in [5, 5.41) is 0. The molecule has 2 aliphatic heterocycles. The van der Waals surface area contributed by atoms with Crippen LogP contribution in [-0.2, 0) is 4.74 Å². The molecule has 0 saturated carbocycles. The Kier molecular flexibility index (Phi) is 4.26. The van der Waals surface area contributed by atoms with Crippen LogP contribution >= 0.6 is 0 Å². The van der Waals surface area contributed by atoms with Crippen LogP contribution in [0.3, 0.4) is 0 Å². The lowest BCUT2D eigenvalue weighted by molar-refractivity contribution is 0.0928. The average molecular weight is 291 g/mol. The van der Waals surface area contributed by atoms with Crippen LogP contribution < -0.4 is 9.80 Å². The molecule has 6 heteroatoms. The smallest absolute Gasteiger partial charge is 0.227 e. The van der Waals surface area contributed by atoms with Gasteiger partial charge in [-0.05, 0) is 20.0 Å². The highest BCUT2D eigenvalue weighted by Gasteiger charge is 2.32. The highest BCUT2D eigenvalue weighted by atomic mass is 16.5. The van der Waals surface area contributed by atoms with Crippen LogP contribution in [0, 0.1) is 5.92 Å². The Labute approximate surface area is 126 Å². The molecule has 0 aliphatic carbocycles. The summed E-state index contributed by atoms with van der Waals surface area (Å²) in [5.41, 5.74) is 0. The molecule has 2 saturated heterocycles. The van der Waals surface area contributed by atoms with Crippen molar-refractivity contribution in [2.24, 2.45) is 5.92 Å². The second-order valence-electron chi connectivity index (χ2n) is 6.13. The Morgan fingerprint density at radius 1 is 1.33 bits per heavy atom. The largest absolute Gasteiger partial charge is 0.379 e. The number of hydrogen-bond acceptors (Lipinski definition) is 6. The second-order valence-corrected chi connectivity index (χ2v) is 6.13. The van der Waals surface area contributed by atoms with Gasteiger partial charge < -0.3 is 14.5 Å². The van der Waals surface area contributed by atoms with Crippen molar-refractivity contribution in [3.63, 3.8) is 0 Å². The summed E-state index contributed by atoms with van der Waals surface area (Å²) in [7, 11) is 4.25. The van der Waals surface area contributed by atoms with E-state index in [0.29, 0.717) is 12.0 Å². The molecule has 21 heavy (non-hydrogen) atoms. The van der Waals surface area contributed by atoms with Crippen LogP contribution in [-0.4, -0.2) is 74.4 Å². The standard InChI is InChI=1S/C15H25N5O/c1-4-18(2)14-5-6-16-15(17-14)20-8-12-7-19(3)13(9-20)11-21-10-12/h5-6,12-13H,4,7-11H2,1-3H3/t12-,13+/m1/s1. The molecular formula is C15H25N5O. The van der Waals surface area contributed by atoms with Crippen molar-refractivity contribution in [1.29, 1.82) is 0 Å². The molecule has 1 aromatic heterocycles. The first-order valence-electron chi connectivity index (χ1n) is 7.74. The Morgan fingerprint density at radius 3 is 3.00 bits per heavy atom. The fraction of sp³-hybridized carbons (Fsp3) is 0.733. The third kappa shape index (κ3) is 3.11. The van der Waals surface area contributed by atoms with E-state index in [1.54, 1.807) is 0 Å². The van der Waals surface area contributed by atoms with Gasteiger partial charge in [-0.1, -0.05) is 0 Å². The van der Waals surface area contributed by atoms with Crippen molar-refractivity contribution in [2.45, 2.75) is 13.0 Å². The minimum Gasteiger partial charge on any atom is -0.379 e. The highest BCUT2D eigenvalue weighted by Crippen LogP contribution is 2.22. The monoisotopic (exact) mass is 291 g/mol. The maximum absolute atomic E-state index is 5.78. The van der Waals surface area contributed by atoms with E-state index in [1.165, 1.54) is 0 Å². The van der Waals surface area contributed by atoms with Crippen LogP contribution in [0.15, 0.2) is 12.3 Å². The van der Waals surface area contributed by atoms with E-state index in [4.69, 9.17) is 9.72 Å². The molecular weight excluding hydrogens is 266 g/mol. The van der Waals surface area contributed by atoms with E-state index in [0.717, 1.165) is 51.2 Å². The lowest BCUT2D eigenvalue weighted by Gasteiger charge is -2.30. The fourth-order valence-electron chi connectivity index (χ4n) is 3.08. The molecule has 6 nitrogen and oxygen atoms in total. The number of fused-ring (bicyclic) bond motifs is 3. The molecule has 0 amide bonds. The number of likely N-dealkylation sites (N-methyl/N-ethyl adjacent to an activating group) is 1. The van der Waals surface area contributed by atoms with Gasteiger partial charge in [0.05, 0.1) is 19.3 Å². The Balaban J connectivity index is 1.83. The summed E-state index contributed by atoms with van der Waals surface area (Å²) >= 11 is 0. The molecule has 2 atom stereocenters. The van der Waals surface area contributed by atoms with E-state index in [-0.39, 0.29) is 0 Å². The minimum absolute atomic E-state index is 0.425. The number of rotatable bonds is 3. The molecule has 0 aromatic carbocycles. The van der Waals surface area contributed by atoms with Gasteiger partial charge in [0.1, 0.15) is 5.82 Å². The second kappa shape index (κ2) is 6.15. The third-order valence-corrected chi connectivity index (χ3v) is 4.52. The first-order chi connectivity index (χ1) is 10.2. The summed E-state index contributed by atoms with van der Waals surface area (Å²) in [5.74, 6) is 2.36. The van der Waals surface area contributed by atoms with Crippen LogP contribution in [0.5, 0.6) is 0 Å². The number of nitrogens with zero attached hydrogens (tertiary/aromatic N) is 5. The zero-order chi connectivity index (χ0) is 14.8. The van der Waals surface area contributed by atoms with Gasteiger partial charge in [-0.25, -0.2) is 4.98 Å². The SMILES string of the molecule is CCN(C)c1ccnc(N2C[C@@H]3COC[C@H](C2)N(C)C3)n1. The molecule has 116 valence electrons. The molecule has 3 rings (SSSR count). The zero-order valence-corrected chi connectivity index (χ0v) is 13.2. The topological polar surface area (TPSA) is 44.7 Å². The van der Waals surface area contributed by atoms with E-state index >= 15 is 0 Å². The van der Waals surface area contributed by atoms with Gasteiger partial charge in [0.25, 0.3) is 0 Å². The molecule has 3 heterocycles. The lowest BCUT2D eigenvalue weighted by atomic mass is 10.1. The van der Waals surface area contributed by atoms with E-state index in [9.17, 15) is 0 Å². The highest BCUT2D eigenvalue weighted by molar-refractivity contribution is 5.43. The van der Waals surface area contributed by atoms with Gasteiger partial charge in [0, 0.05) is 45.3 Å². The van der Waals surface area contributed by atoms with E-state index in [2.05, 4.69) is 40.7 Å². The minimum atomic E-state index is 0.425. The van der Waals surface area contributed by atoms with Crippen molar-refractivity contribution in [3.8, 4) is 0 Å². The molecule has 2 fully saturated rings. The molecule has 0 unspecified atom stereocenters. The summed E-state index contributed by atoms with van der Waals surface area (Å²) in [6.45, 7) is 7.72. The summed E-state index contributed by atoms with van der Waals surface area (Å²) < 4.78 is 5.78. The Hall–Kier alpha value is -1.40. The van der Waals surface area contributed by atoms with Gasteiger partial charge >= 0.3 is 0 Å². The number of ether oxygens (including phenoxy) is 1. The van der Waals surface area contributed by atoms with Crippen LogP contribution in [0.1, 0.15) is 6.92 Å². The average Bonchev–Trinajstić information content (AvgIpc) is 2.75. The predicted octanol–water partition coefficient (Wildman–Crippen LogP) is 0.700. The van der Waals surface area contributed by atoms with Crippen LogP contribution in [0.4, 0.5) is 11.8 Å². The predicted molar refractivity (Wildman–Crippen MR) is 83.9 cm³/mol. The van der Waals surface area contributed by atoms with Gasteiger partial charge in [-0.3, -0.25) is 4.90 Å². The maximum atomic E-state index is 5.78. The lowest BCUT2D eigenvalue weighted by Crippen LogP contribution is -2.43. The normalized spacial score (nSPS) is 26.5. The number of hydrogen-bond donors (Lipinski definition) is 0. The Morgan fingerprint density at radius 2 is 2.19 bits per heavy atom. The summed E-state index contributed by atoms with van der Waals surface area (Å²) in [6, 6.07) is 2.40. The first-order valence-corrected chi connectivity index (χ1v) is 7.74. The third-order valence-electron chi connectivity index (χ3n) is 4.52. The van der Waals surface area contributed by atoms with Crippen molar-refractivity contribution < 1.29 is 4.74 Å². The molecule has 0 spiro atoms. The molecule has 0 N–H and O–H groups in total. The van der Waals surface area contributed by atoms with Crippen molar-refractivity contribution >= 4 is 11.8 Å². The summed E-state index contributed by atoms with van der Waals surface area (Å²) in [4.78, 5) is 16.1. The van der Waals surface area contributed by atoms with Gasteiger partial charge in [-0.2, -0.15) is 4.98 Å². The van der Waals surface area contributed by atoms with Gasteiger partial charge in [-0.15, -0.1) is 0 Å². The number of anilines is 2. The number of aromatic nitrogens is 2. The quantitative estimate of drug-likeness (QED) is 0.817. The van der Waals surface area contributed by atoms with Gasteiger partial charge in [0.2, 0.25) is 5.95 Å². The van der Waals surface area contributed by atoms with Gasteiger partial charge in [0.15, 0.2) is 0 Å². The molecule has 0 radical (unpaired) electrons. The fourth-order valence-corrected chi connectivity index (χ4v) is 3.08. The Bertz CT molecular complexity index is 483. The summed E-state index contributed by atoms with van der Waals surface area (Å²) in [6.07, 6.45) is 1.87. The van der Waals surface area contributed by atoms with E-state index < -0.39 is 0 Å². The maximum Gasteiger partial charge on any atom is 0.227 e.